The zero-order valence-corrected chi connectivity index (χ0v) is 18.8. The third kappa shape index (κ3) is 4.22. The van der Waals surface area contributed by atoms with Gasteiger partial charge in [-0.1, -0.05) is 0 Å². The Bertz CT molecular complexity index is 1210. The number of hydrogen-bond acceptors (Lipinski definition) is 9. The van der Waals surface area contributed by atoms with Crippen LogP contribution in [0.5, 0.6) is 17.5 Å². The molecule has 8 nitrogen and oxygen atoms in total. The molecular formula is C22H23N5O3S. The molecule has 0 bridgehead atoms. The van der Waals surface area contributed by atoms with E-state index in [0.717, 1.165) is 32.0 Å². The quantitative estimate of drug-likeness (QED) is 0.447. The number of methoxy groups -OCH3 is 3. The van der Waals surface area contributed by atoms with Crippen molar-refractivity contribution in [1.29, 1.82) is 0 Å². The number of nitrogens with one attached hydrogen (secondary N) is 1. The monoisotopic (exact) mass is 437 g/mol. The van der Waals surface area contributed by atoms with Crippen LogP contribution in [0.2, 0.25) is 0 Å². The van der Waals surface area contributed by atoms with Crippen LogP contribution < -0.4 is 19.5 Å². The van der Waals surface area contributed by atoms with Gasteiger partial charge in [-0.2, -0.15) is 0 Å². The van der Waals surface area contributed by atoms with Crippen LogP contribution in [-0.4, -0.2) is 41.3 Å². The van der Waals surface area contributed by atoms with Crippen molar-refractivity contribution in [2.24, 2.45) is 0 Å². The number of benzene rings is 1. The van der Waals surface area contributed by atoms with Gasteiger partial charge in [-0.05, 0) is 32.0 Å². The van der Waals surface area contributed by atoms with E-state index in [4.69, 9.17) is 14.2 Å². The van der Waals surface area contributed by atoms with Gasteiger partial charge in [0.15, 0.2) is 11.5 Å². The van der Waals surface area contributed by atoms with E-state index in [1.54, 1.807) is 45.1 Å². The molecule has 0 unspecified atom stereocenters. The summed E-state index contributed by atoms with van der Waals surface area (Å²) in [6, 6.07) is 8.32. The number of aromatic nitrogens is 4. The first-order valence-corrected chi connectivity index (χ1v) is 10.5. The highest BCUT2D eigenvalue weighted by Crippen LogP contribution is 2.36. The highest BCUT2D eigenvalue weighted by Gasteiger charge is 2.16. The molecule has 4 aromatic rings. The number of ether oxygens (including phenoxy) is 3. The lowest BCUT2D eigenvalue weighted by Crippen LogP contribution is -2.08. The average molecular weight is 438 g/mol. The normalized spacial score (nSPS) is 11.9. The molecule has 9 heteroatoms. The third-order valence-electron chi connectivity index (χ3n) is 4.81. The van der Waals surface area contributed by atoms with Gasteiger partial charge >= 0.3 is 6.01 Å². The zero-order valence-electron chi connectivity index (χ0n) is 18.0. The number of hydrogen-bond donors (Lipinski definition) is 1. The van der Waals surface area contributed by atoms with Crippen LogP contribution >= 0.6 is 11.3 Å². The van der Waals surface area contributed by atoms with Crippen molar-refractivity contribution in [2.75, 3.05) is 26.6 Å². The molecule has 3 aromatic heterocycles. The summed E-state index contributed by atoms with van der Waals surface area (Å²) in [7, 11) is 4.78. The Labute approximate surface area is 184 Å². The molecule has 1 N–H and O–H groups in total. The standard InChI is InChI=1S/C22H23N5O3S/c1-12(19-6-7-20(31-19)14-10-23-22(30-5)24-11-14)25-21-15-8-17(28-3)18(29-4)9-16(15)26-13(2)27-21/h6-12H,1-5H3,(H,25,26,27)/t12-/m0/s1. The molecule has 0 saturated heterocycles. The van der Waals surface area contributed by atoms with Crippen molar-refractivity contribution in [3.05, 3.63) is 47.4 Å². The second kappa shape index (κ2) is 8.73. The average Bonchev–Trinajstić information content (AvgIpc) is 3.28. The molecule has 0 saturated carbocycles. The van der Waals surface area contributed by atoms with Crippen LogP contribution in [0.3, 0.4) is 0 Å². The van der Waals surface area contributed by atoms with Gasteiger partial charge < -0.3 is 19.5 Å². The van der Waals surface area contributed by atoms with Gasteiger partial charge in [-0.3, -0.25) is 0 Å². The fourth-order valence-corrected chi connectivity index (χ4v) is 4.23. The second-order valence-electron chi connectivity index (χ2n) is 6.87. The van der Waals surface area contributed by atoms with E-state index in [1.165, 1.54) is 0 Å². The Morgan fingerprint density at radius 2 is 1.65 bits per heavy atom. The largest absolute Gasteiger partial charge is 0.493 e. The number of rotatable bonds is 7. The highest BCUT2D eigenvalue weighted by atomic mass is 32.1. The molecule has 0 radical (unpaired) electrons. The Morgan fingerprint density at radius 3 is 2.32 bits per heavy atom. The number of nitrogens with zero attached hydrogens (tertiary/aromatic N) is 4. The summed E-state index contributed by atoms with van der Waals surface area (Å²) in [5, 5.41) is 4.40. The number of fused-ring (bicyclic) bond motifs is 1. The van der Waals surface area contributed by atoms with E-state index < -0.39 is 0 Å². The molecule has 1 atom stereocenters. The third-order valence-corrected chi connectivity index (χ3v) is 6.13. The van der Waals surface area contributed by atoms with E-state index in [-0.39, 0.29) is 6.04 Å². The van der Waals surface area contributed by atoms with Crippen molar-refractivity contribution in [1.82, 2.24) is 19.9 Å². The van der Waals surface area contributed by atoms with Crippen LogP contribution in [0.1, 0.15) is 23.7 Å². The van der Waals surface area contributed by atoms with Crippen molar-refractivity contribution in [2.45, 2.75) is 19.9 Å². The first kappa shape index (κ1) is 20.8. The summed E-state index contributed by atoms with van der Waals surface area (Å²) in [6.07, 6.45) is 3.53. The summed E-state index contributed by atoms with van der Waals surface area (Å²) in [6.45, 7) is 3.98. The zero-order chi connectivity index (χ0) is 22.0. The Kier molecular flexibility index (Phi) is 5.85. The Hall–Kier alpha value is -3.46. The minimum Gasteiger partial charge on any atom is -0.493 e. The first-order chi connectivity index (χ1) is 15.0. The molecule has 3 heterocycles. The van der Waals surface area contributed by atoms with Gasteiger partial charge in [-0.25, -0.2) is 19.9 Å². The van der Waals surface area contributed by atoms with E-state index >= 15 is 0 Å². The van der Waals surface area contributed by atoms with Crippen molar-refractivity contribution < 1.29 is 14.2 Å². The predicted octanol–water partition coefficient (Wildman–Crippen LogP) is 4.66. The Balaban J connectivity index is 1.63. The molecule has 0 aliphatic rings. The fourth-order valence-electron chi connectivity index (χ4n) is 3.25. The summed E-state index contributed by atoms with van der Waals surface area (Å²) in [4.78, 5) is 19.8. The number of aryl methyl sites for hydroxylation is 1. The fraction of sp³-hybridized carbons (Fsp3) is 0.273. The lowest BCUT2D eigenvalue weighted by molar-refractivity contribution is 0.356. The van der Waals surface area contributed by atoms with Crippen LogP contribution in [-0.2, 0) is 0 Å². The van der Waals surface area contributed by atoms with Crippen LogP contribution in [0, 0.1) is 6.92 Å². The molecule has 4 rings (SSSR count). The van der Waals surface area contributed by atoms with Crippen molar-refractivity contribution in [3.8, 4) is 28.0 Å². The highest BCUT2D eigenvalue weighted by molar-refractivity contribution is 7.15. The van der Waals surface area contributed by atoms with E-state index in [2.05, 4.69) is 44.3 Å². The van der Waals surface area contributed by atoms with Crippen LogP contribution in [0.15, 0.2) is 36.7 Å². The Morgan fingerprint density at radius 1 is 0.935 bits per heavy atom. The SMILES string of the molecule is COc1ncc(-c2ccc([C@H](C)Nc3nc(C)nc4cc(OC)c(OC)cc34)s2)cn1. The maximum absolute atomic E-state index is 5.46. The van der Waals surface area contributed by atoms with E-state index in [0.29, 0.717) is 23.3 Å². The van der Waals surface area contributed by atoms with Gasteiger partial charge in [0.2, 0.25) is 0 Å². The molecule has 0 fully saturated rings. The molecule has 1 aromatic carbocycles. The molecule has 0 spiro atoms. The van der Waals surface area contributed by atoms with E-state index in [1.807, 2.05) is 19.1 Å². The topological polar surface area (TPSA) is 91.3 Å². The minimum atomic E-state index is 0.0310. The smallest absolute Gasteiger partial charge is 0.316 e. The lowest BCUT2D eigenvalue weighted by Gasteiger charge is -2.16. The molecule has 0 aliphatic heterocycles. The maximum atomic E-state index is 5.46. The minimum absolute atomic E-state index is 0.0310. The number of thiophene rings is 1. The van der Waals surface area contributed by atoms with Gasteiger partial charge in [0.1, 0.15) is 11.6 Å². The maximum Gasteiger partial charge on any atom is 0.316 e. The number of anilines is 1. The molecule has 0 amide bonds. The molecular weight excluding hydrogens is 414 g/mol. The summed E-state index contributed by atoms with van der Waals surface area (Å²) < 4.78 is 15.9. The molecule has 160 valence electrons. The summed E-state index contributed by atoms with van der Waals surface area (Å²) in [5.74, 6) is 2.70. The van der Waals surface area contributed by atoms with Gasteiger partial charge in [-0.15, -0.1) is 11.3 Å². The van der Waals surface area contributed by atoms with Gasteiger partial charge in [0.05, 0.1) is 32.9 Å². The van der Waals surface area contributed by atoms with E-state index in [9.17, 15) is 0 Å². The molecule has 31 heavy (non-hydrogen) atoms. The molecule has 0 aliphatic carbocycles. The second-order valence-corrected chi connectivity index (χ2v) is 7.99. The van der Waals surface area contributed by atoms with Gasteiger partial charge in [0, 0.05) is 39.2 Å². The van der Waals surface area contributed by atoms with Gasteiger partial charge in [0.25, 0.3) is 0 Å². The summed E-state index contributed by atoms with van der Waals surface area (Å²) in [5.41, 5.74) is 1.74. The van der Waals surface area contributed by atoms with Crippen LogP contribution in [0.4, 0.5) is 5.82 Å². The van der Waals surface area contributed by atoms with Crippen LogP contribution in [0.25, 0.3) is 21.3 Å². The lowest BCUT2D eigenvalue weighted by atomic mass is 10.2. The predicted molar refractivity (Wildman–Crippen MR) is 121 cm³/mol. The summed E-state index contributed by atoms with van der Waals surface area (Å²) >= 11 is 1.68. The first-order valence-electron chi connectivity index (χ1n) is 9.65. The van der Waals surface area contributed by atoms with Crippen molar-refractivity contribution in [3.63, 3.8) is 0 Å². The van der Waals surface area contributed by atoms with Crippen molar-refractivity contribution >= 4 is 28.1 Å².